The molecule has 1 amide bonds. The van der Waals surface area contributed by atoms with E-state index >= 15 is 0 Å². The zero-order valence-electron chi connectivity index (χ0n) is 25.3. The first kappa shape index (κ1) is 35.0. The van der Waals surface area contributed by atoms with E-state index in [-0.39, 0.29) is 29.0 Å². The number of hydrogen-bond acceptors (Lipinski definition) is 10. The largest absolute Gasteiger partial charge is 0.506 e. The molecule has 1 heterocycles. The smallest absolute Gasteiger partial charge is 0.251 e. The molecule has 1 unspecified atom stereocenters. The van der Waals surface area contributed by atoms with Crippen LogP contribution in [-0.2, 0) is 25.4 Å². The van der Waals surface area contributed by atoms with Gasteiger partial charge in [0.2, 0.25) is 6.41 Å². The van der Waals surface area contributed by atoms with Crippen LogP contribution in [0.5, 0.6) is 11.5 Å². The molecule has 0 saturated heterocycles. The summed E-state index contributed by atoms with van der Waals surface area (Å²) >= 11 is 0. The van der Waals surface area contributed by atoms with Gasteiger partial charge < -0.3 is 45.3 Å². The Balaban J connectivity index is 2.66. The fraction of sp³-hybridized carbons (Fsp3) is 0.516. The molecule has 11 nitrogen and oxygen atoms in total. The SMILES string of the molecule is C=CCNc1c(O)cc2c(O)c1C[C@@H](C)C[C@H](OC)[C@H](O)[C@@H](C)/C=C(\C)[C@H](OC(N)O)[C@@H](OC)/C=C\C=C(/C)C(=O)N2. The van der Waals surface area contributed by atoms with E-state index in [1.807, 2.05) is 19.9 Å². The van der Waals surface area contributed by atoms with Crippen molar-refractivity contribution < 1.29 is 39.4 Å². The number of aliphatic hydroxyl groups excluding tert-OH is 2. The standard InChI is InChI=1S/C31H47N3O8/c1-8-12-33-26-21-13-17(2)14-25(41-7)27(36)19(4)15-20(5)29(42-31(32)39)24(40-6)11-9-10-18(3)30(38)34-22(28(21)37)16-23(26)35/h8-11,15-17,19,24-25,27,29,31,33,35-37,39H,1,12-14,32H2,2-7H3,(H,34,38)/b11-9-,18-10+,20-15+/t17-,19+,24+,25+,27-,29+,31?/m1/s1. The molecule has 0 saturated carbocycles. The Bertz CT molecular complexity index is 1160. The van der Waals surface area contributed by atoms with Crippen molar-refractivity contribution in [2.24, 2.45) is 17.6 Å². The number of carbonyl (C=O) groups excluding carboxylic acids is 1. The molecule has 1 aromatic carbocycles. The molecule has 8 N–H and O–H groups in total. The number of anilines is 2. The van der Waals surface area contributed by atoms with Gasteiger partial charge in [0.1, 0.15) is 23.7 Å². The second-order valence-electron chi connectivity index (χ2n) is 10.7. The second kappa shape index (κ2) is 16.4. The Hall–Kier alpha value is -3.19. The summed E-state index contributed by atoms with van der Waals surface area (Å²) in [5.74, 6) is -1.34. The van der Waals surface area contributed by atoms with Crippen LogP contribution in [-0.4, -0.2) is 77.9 Å². The molecule has 0 fully saturated rings. The monoisotopic (exact) mass is 589 g/mol. The molecule has 42 heavy (non-hydrogen) atoms. The number of benzene rings is 1. The molecular formula is C31H47N3O8. The summed E-state index contributed by atoms with van der Waals surface area (Å²) in [5, 5.41) is 48.9. The Morgan fingerprint density at radius 2 is 1.93 bits per heavy atom. The van der Waals surface area contributed by atoms with Crippen LogP contribution < -0.4 is 16.4 Å². The molecule has 234 valence electrons. The predicted octanol–water partition coefficient (Wildman–Crippen LogP) is 3.31. The molecule has 2 bridgehead atoms. The topological polar surface area (TPSA) is 176 Å². The van der Waals surface area contributed by atoms with Crippen LogP contribution in [0.4, 0.5) is 11.4 Å². The zero-order valence-corrected chi connectivity index (χ0v) is 25.3. The van der Waals surface area contributed by atoms with Crippen LogP contribution >= 0.6 is 0 Å². The minimum atomic E-state index is -1.58. The number of carbonyl (C=O) groups is 1. The lowest BCUT2D eigenvalue weighted by atomic mass is 9.87. The molecule has 7 atom stereocenters. The minimum absolute atomic E-state index is 0.0513. The van der Waals surface area contributed by atoms with Crippen molar-refractivity contribution in [2.45, 2.75) is 71.4 Å². The number of amides is 1. The van der Waals surface area contributed by atoms with Crippen LogP contribution in [0.15, 0.2) is 54.2 Å². The molecule has 0 radical (unpaired) electrons. The molecule has 2 rings (SSSR count). The summed E-state index contributed by atoms with van der Waals surface area (Å²) in [6.45, 7) is 11.2. The first-order valence-corrected chi connectivity index (χ1v) is 13.9. The number of allylic oxidation sites excluding steroid dienone is 2. The number of methoxy groups -OCH3 is 2. The summed E-state index contributed by atoms with van der Waals surface area (Å²) in [4.78, 5) is 13.0. The van der Waals surface area contributed by atoms with Crippen molar-refractivity contribution in [1.29, 1.82) is 0 Å². The van der Waals surface area contributed by atoms with Gasteiger partial charge in [-0.2, -0.15) is 0 Å². The maximum atomic E-state index is 13.0. The number of nitrogens with two attached hydrogens (primary N) is 1. The number of aliphatic hydroxyl groups is 2. The van der Waals surface area contributed by atoms with Gasteiger partial charge in [-0.3, -0.25) is 10.5 Å². The average molecular weight is 590 g/mol. The first-order valence-electron chi connectivity index (χ1n) is 13.9. The Kier molecular flexibility index (Phi) is 13.7. The van der Waals surface area contributed by atoms with E-state index in [9.17, 15) is 25.2 Å². The second-order valence-corrected chi connectivity index (χ2v) is 10.7. The quantitative estimate of drug-likeness (QED) is 0.108. The van der Waals surface area contributed by atoms with Crippen molar-refractivity contribution in [1.82, 2.24) is 0 Å². The molecule has 11 heteroatoms. The Morgan fingerprint density at radius 1 is 1.24 bits per heavy atom. The third kappa shape index (κ3) is 9.41. The van der Waals surface area contributed by atoms with E-state index in [4.69, 9.17) is 19.9 Å². The third-order valence-corrected chi connectivity index (χ3v) is 7.30. The fourth-order valence-corrected chi connectivity index (χ4v) is 5.03. The highest BCUT2D eigenvalue weighted by Crippen LogP contribution is 2.42. The van der Waals surface area contributed by atoms with E-state index in [2.05, 4.69) is 17.2 Å². The Morgan fingerprint density at radius 3 is 2.52 bits per heavy atom. The molecule has 1 aromatic rings. The van der Waals surface area contributed by atoms with Gasteiger partial charge in [-0.1, -0.05) is 44.2 Å². The summed E-state index contributed by atoms with van der Waals surface area (Å²) in [7, 11) is 3.00. The normalized spacial score (nSPS) is 30.3. The number of nitrogens with one attached hydrogen (secondary N) is 2. The number of aromatic hydroxyl groups is 2. The maximum absolute atomic E-state index is 13.0. The number of ether oxygens (including phenoxy) is 3. The van der Waals surface area contributed by atoms with Gasteiger partial charge >= 0.3 is 0 Å². The highest BCUT2D eigenvalue weighted by Gasteiger charge is 2.30. The zero-order chi connectivity index (χ0) is 31.6. The lowest BCUT2D eigenvalue weighted by molar-refractivity contribution is -0.146. The van der Waals surface area contributed by atoms with Gasteiger partial charge in [0.25, 0.3) is 5.91 Å². The van der Waals surface area contributed by atoms with Gasteiger partial charge in [0.05, 0.1) is 23.6 Å². The summed E-state index contributed by atoms with van der Waals surface area (Å²) in [5.41, 5.74) is 7.31. The summed E-state index contributed by atoms with van der Waals surface area (Å²) in [6, 6.07) is 1.29. The number of phenols is 2. The van der Waals surface area contributed by atoms with Crippen molar-refractivity contribution in [2.75, 3.05) is 31.4 Å². The molecular weight excluding hydrogens is 542 g/mol. The summed E-state index contributed by atoms with van der Waals surface area (Å²) in [6.07, 6.45) is 4.42. The van der Waals surface area contributed by atoms with Crippen molar-refractivity contribution in [3.8, 4) is 11.5 Å². The average Bonchev–Trinajstić information content (AvgIpc) is 2.94. The lowest BCUT2D eigenvalue weighted by Crippen LogP contribution is -2.39. The lowest BCUT2D eigenvalue weighted by Gasteiger charge is -2.30. The van der Waals surface area contributed by atoms with E-state index in [0.29, 0.717) is 41.8 Å². The maximum Gasteiger partial charge on any atom is 0.251 e. The molecule has 1 aliphatic heterocycles. The highest BCUT2D eigenvalue weighted by molar-refractivity contribution is 6.04. The summed E-state index contributed by atoms with van der Waals surface area (Å²) < 4.78 is 16.9. The first-order chi connectivity index (χ1) is 19.8. The van der Waals surface area contributed by atoms with Gasteiger partial charge in [-0.05, 0) is 38.2 Å². The van der Waals surface area contributed by atoms with Gasteiger partial charge in [-0.15, -0.1) is 6.58 Å². The minimum Gasteiger partial charge on any atom is -0.506 e. The molecule has 0 spiro atoms. The van der Waals surface area contributed by atoms with Gasteiger partial charge in [-0.25, -0.2) is 0 Å². The fourth-order valence-electron chi connectivity index (χ4n) is 5.03. The van der Waals surface area contributed by atoms with E-state index in [0.717, 1.165) is 0 Å². The molecule has 1 aliphatic rings. The van der Waals surface area contributed by atoms with Crippen molar-refractivity contribution >= 4 is 17.3 Å². The van der Waals surface area contributed by atoms with Gasteiger partial charge in [0.15, 0.2) is 0 Å². The number of fused-ring (bicyclic) bond motifs is 2. The van der Waals surface area contributed by atoms with Crippen LogP contribution in [0.25, 0.3) is 0 Å². The van der Waals surface area contributed by atoms with E-state index < -0.39 is 36.7 Å². The van der Waals surface area contributed by atoms with Crippen molar-refractivity contribution in [3.05, 3.63) is 59.7 Å². The van der Waals surface area contributed by atoms with Crippen LogP contribution in [0, 0.1) is 11.8 Å². The van der Waals surface area contributed by atoms with Gasteiger partial charge in [0, 0.05) is 43.9 Å². The number of hydrogen-bond donors (Lipinski definition) is 7. The number of rotatable bonds is 7. The molecule has 0 aromatic heterocycles. The van der Waals surface area contributed by atoms with Crippen LogP contribution in [0.3, 0.4) is 0 Å². The van der Waals surface area contributed by atoms with Crippen molar-refractivity contribution in [3.63, 3.8) is 0 Å². The number of phenolic OH excluding ortho intramolecular Hbond substituents is 2. The van der Waals surface area contributed by atoms with E-state index in [1.54, 1.807) is 38.2 Å². The third-order valence-electron chi connectivity index (χ3n) is 7.30. The van der Waals surface area contributed by atoms with Crippen LogP contribution in [0.1, 0.15) is 39.7 Å². The predicted molar refractivity (Wildman–Crippen MR) is 163 cm³/mol. The Labute approximate surface area is 248 Å². The molecule has 0 aliphatic carbocycles. The van der Waals surface area contributed by atoms with E-state index in [1.165, 1.54) is 20.3 Å². The highest BCUT2D eigenvalue weighted by atomic mass is 16.6. The van der Waals surface area contributed by atoms with Crippen LogP contribution in [0.2, 0.25) is 0 Å².